The number of carbonyl (C=O) groups is 1. The highest BCUT2D eigenvalue weighted by molar-refractivity contribution is 6.30. The second kappa shape index (κ2) is 7.17. The van der Waals surface area contributed by atoms with Gasteiger partial charge in [0.2, 0.25) is 5.43 Å². The summed E-state index contributed by atoms with van der Waals surface area (Å²) in [5, 5.41) is 1.36. The van der Waals surface area contributed by atoms with Crippen molar-refractivity contribution in [3.63, 3.8) is 0 Å². The topological polar surface area (TPSA) is 45.5 Å². The number of piperazine rings is 1. The molecule has 1 amide bonds. The Hall–Kier alpha value is -2.79. The summed E-state index contributed by atoms with van der Waals surface area (Å²) in [7, 11) is 0. The zero-order valence-electron chi connectivity index (χ0n) is 17.2. The largest absolute Gasteiger partial charge is 0.368 e. The van der Waals surface area contributed by atoms with Gasteiger partial charge in [-0.25, -0.2) is 0 Å². The van der Waals surface area contributed by atoms with E-state index in [4.69, 9.17) is 11.6 Å². The van der Waals surface area contributed by atoms with Gasteiger partial charge >= 0.3 is 0 Å². The molecule has 0 aliphatic carbocycles. The van der Waals surface area contributed by atoms with Gasteiger partial charge < -0.3 is 14.4 Å². The van der Waals surface area contributed by atoms with Gasteiger partial charge in [0, 0.05) is 54.5 Å². The molecular weight excluding hydrogens is 398 g/mol. The standard InChI is InChI=1S/C24H24ClN3O2/c1-15-6-7-18(25)13-21(15)26-8-10-27(11-9-26)24(30)20-14-28-16(2)12-17-4-3-5-19(22(17)28)23(20)29/h3-7,13-14,16H,8-12H2,1-2H3/t16-/m0/s1. The minimum Gasteiger partial charge on any atom is -0.368 e. The summed E-state index contributed by atoms with van der Waals surface area (Å²) in [5.41, 5.74) is 4.56. The first-order valence-electron chi connectivity index (χ1n) is 10.4. The molecule has 5 rings (SSSR count). The maximum absolute atomic E-state index is 13.3. The van der Waals surface area contributed by atoms with Crippen LogP contribution in [0.25, 0.3) is 10.9 Å². The summed E-state index contributed by atoms with van der Waals surface area (Å²) in [4.78, 5) is 30.5. The molecule has 1 atom stereocenters. The van der Waals surface area contributed by atoms with E-state index in [2.05, 4.69) is 29.4 Å². The van der Waals surface area contributed by atoms with E-state index in [1.165, 1.54) is 11.1 Å². The van der Waals surface area contributed by atoms with Crippen molar-refractivity contribution in [2.24, 2.45) is 0 Å². The first-order valence-corrected chi connectivity index (χ1v) is 10.8. The van der Waals surface area contributed by atoms with Crippen LogP contribution in [0.3, 0.4) is 0 Å². The van der Waals surface area contributed by atoms with E-state index in [0.717, 1.165) is 30.7 Å². The Morgan fingerprint density at radius 3 is 2.63 bits per heavy atom. The number of para-hydroxylation sites is 1. The van der Waals surface area contributed by atoms with Gasteiger partial charge in [0.25, 0.3) is 5.91 Å². The molecule has 5 nitrogen and oxygen atoms in total. The van der Waals surface area contributed by atoms with Crippen molar-refractivity contribution in [1.29, 1.82) is 0 Å². The first kappa shape index (κ1) is 19.2. The lowest BCUT2D eigenvalue weighted by Crippen LogP contribution is -2.49. The maximum atomic E-state index is 13.3. The minimum absolute atomic E-state index is 0.157. The van der Waals surface area contributed by atoms with E-state index >= 15 is 0 Å². The van der Waals surface area contributed by atoms with Crippen LogP contribution < -0.4 is 10.3 Å². The van der Waals surface area contributed by atoms with Crippen LogP contribution in [0.15, 0.2) is 47.4 Å². The van der Waals surface area contributed by atoms with Crippen LogP contribution in [0, 0.1) is 6.92 Å². The number of pyridine rings is 1. The highest BCUT2D eigenvalue weighted by Crippen LogP contribution is 2.31. The van der Waals surface area contributed by atoms with E-state index in [1.54, 1.807) is 11.1 Å². The Labute approximate surface area is 180 Å². The van der Waals surface area contributed by atoms with Crippen LogP contribution in [0.1, 0.15) is 34.5 Å². The molecular formula is C24H24ClN3O2. The van der Waals surface area contributed by atoms with Crippen LogP contribution >= 0.6 is 11.6 Å². The molecule has 6 heteroatoms. The van der Waals surface area contributed by atoms with Crippen molar-refractivity contribution in [3.8, 4) is 0 Å². The molecule has 2 aliphatic heterocycles. The fourth-order valence-electron chi connectivity index (χ4n) is 4.81. The van der Waals surface area contributed by atoms with Gasteiger partial charge in [-0.3, -0.25) is 9.59 Å². The zero-order valence-corrected chi connectivity index (χ0v) is 17.9. The third kappa shape index (κ3) is 3.00. The summed E-state index contributed by atoms with van der Waals surface area (Å²) in [5.74, 6) is -0.169. The molecule has 3 heterocycles. The molecule has 3 aromatic rings. The van der Waals surface area contributed by atoms with Gasteiger partial charge in [0.15, 0.2) is 0 Å². The number of carbonyl (C=O) groups excluding carboxylic acids is 1. The van der Waals surface area contributed by atoms with Crippen molar-refractivity contribution in [2.45, 2.75) is 26.3 Å². The van der Waals surface area contributed by atoms with Crippen molar-refractivity contribution < 1.29 is 4.79 Å². The lowest BCUT2D eigenvalue weighted by Gasteiger charge is -2.37. The Morgan fingerprint density at radius 2 is 1.87 bits per heavy atom. The molecule has 154 valence electrons. The number of nitrogens with zero attached hydrogens (tertiary/aromatic N) is 3. The quantitative estimate of drug-likeness (QED) is 0.627. The lowest BCUT2D eigenvalue weighted by atomic mass is 10.1. The molecule has 0 radical (unpaired) electrons. The van der Waals surface area contributed by atoms with Gasteiger partial charge in [-0.05, 0) is 49.6 Å². The molecule has 1 saturated heterocycles. The number of halogens is 1. The number of rotatable bonds is 2. The predicted molar refractivity (Wildman–Crippen MR) is 121 cm³/mol. The van der Waals surface area contributed by atoms with E-state index in [9.17, 15) is 9.59 Å². The number of aryl methyl sites for hydroxylation is 1. The molecule has 0 N–H and O–H groups in total. The van der Waals surface area contributed by atoms with Crippen LogP contribution in [-0.4, -0.2) is 41.6 Å². The second-order valence-corrected chi connectivity index (χ2v) is 8.79. The van der Waals surface area contributed by atoms with Crippen molar-refractivity contribution in [2.75, 3.05) is 31.1 Å². The van der Waals surface area contributed by atoms with Crippen LogP contribution in [0.5, 0.6) is 0 Å². The van der Waals surface area contributed by atoms with Gasteiger partial charge in [-0.15, -0.1) is 0 Å². The highest BCUT2D eigenvalue weighted by Gasteiger charge is 2.28. The fourth-order valence-corrected chi connectivity index (χ4v) is 4.98. The van der Waals surface area contributed by atoms with Crippen molar-refractivity contribution >= 4 is 34.1 Å². The summed E-state index contributed by atoms with van der Waals surface area (Å²) in [6, 6.07) is 12.0. The summed E-state index contributed by atoms with van der Waals surface area (Å²) < 4.78 is 2.10. The summed E-state index contributed by atoms with van der Waals surface area (Å²) >= 11 is 6.18. The lowest BCUT2D eigenvalue weighted by molar-refractivity contribution is 0.0745. The first-order chi connectivity index (χ1) is 14.4. The number of amides is 1. The summed E-state index contributed by atoms with van der Waals surface area (Å²) in [6.07, 6.45) is 2.67. The van der Waals surface area contributed by atoms with Crippen molar-refractivity contribution in [3.05, 3.63) is 74.5 Å². The summed E-state index contributed by atoms with van der Waals surface area (Å²) in [6.45, 7) is 6.79. The number of hydrogen-bond acceptors (Lipinski definition) is 3. The number of hydrogen-bond donors (Lipinski definition) is 0. The molecule has 0 spiro atoms. The highest BCUT2D eigenvalue weighted by atomic mass is 35.5. The van der Waals surface area contributed by atoms with Crippen molar-refractivity contribution in [1.82, 2.24) is 9.47 Å². The smallest absolute Gasteiger partial charge is 0.259 e. The van der Waals surface area contributed by atoms with Gasteiger partial charge in [-0.2, -0.15) is 0 Å². The van der Waals surface area contributed by atoms with Gasteiger partial charge in [0.1, 0.15) is 5.56 Å². The molecule has 1 fully saturated rings. The molecule has 2 aromatic carbocycles. The average Bonchev–Trinajstić information content (AvgIpc) is 3.08. The third-order valence-electron chi connectivity index (χ3n) is 6.43. The molecule has 2 aliphatic rings. The van der Waals surface area contributed by atoms with E-state index in [1.807, 2.05) is 30.3 Å². The number of benzene rings is 2. The fraction of sp³-hybridized carbons (Fsp3) is 0.333. The molecule has 1 aromatic heterocycles. The van der Waals surface area contributed by atoms with E-state index in [-0.39, 0.29) is 22.9 Å². The van der Waals surface area contributed by atoms with Gasteiger partial charge in [-0.1, -0.05) is 29.8 Å². The van der Waals surface area contributed by atoms with Crippen LogP contribution in [-0.2, 0) is 6.42 Å². The monoisotopic (exact) mass is 421 g/mol. The Bertz CT molecular complexity index is 1230. The average molecular weight is 422 g/mol. The maximum Gasteiger partial charge on any atom is 0.259 e. The Kier molecular flexibility index (Phi) is 4.58. The molecule has 30 heavy (non-hydrogen) atoms. The van der Waals surface area contributed by atoms with E-state index in [0.29, 0.717) is 23.5 Å². The molecule has 0 bridgehead atoms. The zero-order chi connectivity index (χ0) is 21.0. The van der Waals surface area contributed by atoms with Crippen LogP contribution in [0.2, 0.25) is 5.02 Å². The van der Waals surface area contributed by atoms with E-state index < -0.39 is 0 Å². The molecule has 0 saturated carbocycles. The normalized spacial score (nSPS) is 18.3. The number of aromatic nitrogens is 1. The number of anilines is 1. The van der Waals surface area contributed by atoms with Crippen LogP contribution in [0.4, 0.5) is 5.69 Å². The SMILES string of the molecule is Cc1ccc(Cl)cc1N1CCN(C(=O)c2cn3c4c(cccc4c2=O)C[C@@H]3C)CC1. The third-order valence-corrected chi connectivity index (χ3v) is 6.67. The predicted octanol–water partition coefficient (Wildman–Crippen LogP) is 4.04. The molecule has 0 unspecified atom stereocenters. The minimum atomic E-state index is -0.169. The Morgan fingerprint density at radius 1 is 1.10 bits per heavy atom. The van der Waals surface area contributed by atoms with Gasteiger partial charge in [0.05, 0.1) is 5.52 Å². The second-order valence-electron chi connectivity index (χ2n) is 8.36. The Balaban J connectivity index is 1.42.